The zero-order chi connectivity index (χ0) is 26.2. The molecule has 6 nitrogen and oxygen atoms in total. The number of halogens is 3. The maximum Gasteiger partial charge on any atom is 0.416 e. The van der Waals surface area contributed by atoms with Crippen molar-refractivity contribution in [2.24, 2.45) is 0 Å². The number of carbonyl (C=O) groups excluding carboxylic acids is 3. The molecule has 0 aliphatic carbocycles. The van der Waals surface area contributed by atoms with Crippen LogP contribution in [0.15, 0.2) is 66.7 Å². The number of rotatable bonds is 4. The van der Waals surface area contributed by atoms with Crippen LogP contribution >= 0.6 is 0 Å². The van der Waals surface area contributed by atoms with E-state index in [-0.39, 0.29) is 6.42 Å². The monoisotopic (exact) mass is 495 g/mol. The molecule has 1 aliphatic rings. The molecule has 4 rings (SSSR count). The van der Waals surface area contributed by atoms with Gasteiger partial charge in [0, 0.05) is 11.3 Å². The van der Waals surface area contributed by atoms with Crippen molar-refractivity contribution in [3.8, 4) is 11.1 Å². The molecular weight excluding hydrogens is 471 g/mol. The number of alkyl halides is 3. The number of imide groups is 1. The molecule has 0 spiro atoms. The minimum atomic E-state index is -4.47. The van der Waals surface area contributed by atoms with E-state index in [1.54, 1.807) is 25.1 Å². The summed E-state index contributed by atoms with van der Waals surface area (Å²) in [6.45, 7) is 3.16. The molecule has 1 unspecified atom stereocenters. The van der Waals surface area contributed by atoms with Crippen LogP contribution in [0, 0.1) is 0 Å². The van der Waals surface area contributed by atoms with Crippen molar-refractivity contribution in [1.29, 1.82) is 0 Å². The molecule has 0 radical (unpaired) electrons. The maximum atomic E-state index is 13.5. The molecule has 0 bridgehead atoms. The zero-order valence-electron chi connectivity index (χ0n) is 19.6. The standard InChI is InChI=1S/C27H24F3N3O3/c1-15-19-6-3-4-7-20(19)24-21(31)8-5-9-22(24)33(25(15)35)26(36)16(2)32-23(34)14-17-10-12-18(13-11-17)27(28,29)30/h3-13,15-16H,14,31H2,1-2H3,(H,32,34)/t15?,16-/m0/s1. The molecule has 3 aromatic rings. The van der Waals surface area contributed by atoms with Crippen molar-refractivity contribution in [3.63, 3.8) is 0 Å². The van der Waals surface area contributed by atoms with Gasteiger partial charge in [0.1, 0.15) is 6.04 Å². The summed E-state index contributed by atoms with van der Waals surface area (Å²) in [5, 5.41) is 2.56. The fourth-order valence-corrected chi connectivity index (χ4v) is 4.36. The lowest BCUT2D eigenvalue weighted by Gasteiger charge is -2.26. The van der Waals surface area contributed by atoms with Gasteiger partial charge in [-0.15, -0.1) is 0 Å². The Bertz CT molecular complexity index is 1340. The molecule has 9 heteroatoms. The van der Waals surface area contributed by atoms with Crippen LogP contribution in [-0.4, -0.2) is 23.8 Å². The second-order valence-electron chi connectivity index (χ2n) is 8.72. The molecular formula is C27H24F3N3O3. The molecule has 1 heterocycles. The van der Waals surface area contributed by atoms with Crippen molar-refractivity contribution in [1.82, 2.24) is 5.32 Å². The summed E-state index contributed by atoms with van der Waals surface area (Å²) < 4.78 is 38.3. The second kappa shape index (κ2) is 9.49. The molecule has 3 N–H and O–H groups in total. The highest BCUT2D eigenvalue weighted by Crippen LogP contribution is 2.44. The number of hydrogen-bond acceptors (Lipinski definition) is 4. The fourth-order valence-electron chi connectivity index (χ4n) is 4.36. The van der Waals surface area contributed by atoms with Gasteiger partial charge in [0.2, 0.25) is 11.8 Å². The molecule has 0 aromatic heterocycles. The van der Waals surface area contributed by atoms with E-state index in [0.29, 0.717) is 22.5 Å². The van der Waals surface area contributed by atoms with E-state index >= 15 is 0 Å². The maximum absolute atomic E-state index is 13.5. The third kappa shape index (κ3) is 4.68. The largest absolute Gasteiger partial charge is 0.416 e. The third-order valence-corrected chi connectivity index (χ3v) is 6.22. The molecule has 36 heavy (non-hydrogen) atoms. The van der Waals surface area contributed by atoms with Crippen LogP contribution < -0.4 is 16.0 Å². The van der Waals surface area contributed by atoms with Gasteiger partial charge in [-0.3, -0.25) is 14.4 Å². The fraction of sp³-hybridized carbons (Fsp3) is 0.222. The molecule has 0 fully saturated rings. The summed E-state index contributed by atoms with van der Waals surface area (Å²) in [6.07, 6.45) is -4.70. The number of nitrogens with two attached hydrogens (primary N) is 1. The Balaban J connectivity index is 1.58. The van der Waals surface area contributed by atoms with Crippen LogP contribution in [0.2, 0.25) is 0 Å². The lowest BCUT2D eigenvalue weighted by Crippen LogP contribution is -2.50. The van der Waals surface area contributed by atoms with E-state index in [1.165, 1.54) is 19.1 Å². The number of hydrogen-bond donors (Lipinski definition) is 2. The molecule has 0 saturated carbocycles. The Kier molecular flexibility index (Phi) is 6.58. The summed E-state index contributed by atoms with van der Waals surface area (Å²) in [5.41, 5.74) is 8.57. The van der Waals surface area contributed by atoms with Crippen LogP contribution in [0.1, 0.15) is 36.5 Å². The number of anilines is 2. The quantitative estimate of drug-likeness (QED) is 0.514. The van der Waals surface area contributed by atoms with Gasteiger partial charge in [0.15, 0.2) is 0 Å². The van der Waals surface area contributed by atoms with Crippen molar-refractivity contribution in [3.05, 3.63) is 83.4 Å². The number of nitrogen functional groups attached to an aromatic ring is 1. The number of benzene rings is 3. The van der Waals surface area contributed by atoms with E-state index in [2.05, 4.69) is 5.32 Å². The number of carbonyl (C=O) groups is 3. The third-order valence-electron chi connectivity index (χ3n) is 6.22. The Morgan fingerprint density at radius 3 is 2.36 bits per heavy atom. The van der Waals surface area contributed by atoms with Crippen LogP contribution in [0.4, 0.5) is 24.5 Å². The Morgan fingerprint density at radius 1 is 1.03 bits per heavy atom. The van der Waals surface area contributed by atoms with Crippen LogP contribution in [0.25, 0.3) is 11.1 Å². The number of nitrogens with zero attached hydrogens (tertiary/aromatic N) is 1. The summed E-state index contributed by atoms with van der Waals surface area (Å²) in [4.78, 5) is 40.6. The van der Waals surface area contributed by atoms with Gasteiger partial charge in [-0.1, -0.05) is 42.5 Å². The first-order chi connectivity index (χ1) is 17.0. The first-order valence-corrected chi connectivity index (χ1v) is 11.3. The Hall–Kier alpha value is -4.14. The molecule has 2 atom stereocenters. The van der Waals surface area contributed by atoms with E-state index in [0.717, 1.165) is 28.2 Å². The van der Waals surface area contributed by atoms with Gasteiger partial charge < -0.3 is 11.1 Å². The Labute approximate surface area is 205 Å². The number of fused-ring (bicyclic) bond motifs is 3. The molecule has 1 aliphatic heterocycles. The lowest BCUT2D eigenvalue weighted by atomic mass is 9.92. The summed E-state index contributed by atoms with van der Waals surface area (Å²) in [7, 11) is 0. The van der Waals surface area contributed by atoms with Crippen LogP contribution in [0.3, 0.4) is 0 Å². The first-order valence-electron chi connectivity index (χ1n) is 11.3. The van der Waals surface area contributed by atoms with E-state index in [9.17, 15) is 27.6 Å². The van der Waals surface area contributed by atoms with Crippen molar-refractivity contribution in [2.45, 2.75) is 38.4 Å². The Morgan fingerprint density at radius 2 is 1.69 bits per heavy atom. The smallest absolute Gasteiger partial charge is 0.398 e. The van der Waals surface area contributed by atoms with Crippen molar-refractivity contribution in [2.75, 3.05) is 10.6 Å². The van der Waals surface area contributed by atoms with Gasteiger partial charge in [-0.2, -0.15) is 13.2 Å². The number of nitrogens with one attached hydrogen (secondary N) is 1. The topological polar surface area (TPSA) is 92.5 Å². The van der Waals surface area contributed by atoms with Gasteiger partial charge in [0.25, 0.3) is 5.91 Å². The van der Waals surface area contributed by atoms with Gasteiger partial charge >= 0.3 is 6.18 Å². The predicted octanol–water partition coefficient (Wildman–Crippen LogP) is 4.68. The van der Waals surface area contributed by atoms with Gasteiger partial charge in [-0.05, 0) is 54.8 Å². The van der Waals surface area contributed by atoms with Gasteiger partial charge in [-0.25, -0.2) is 4.90 Å². The van der Waals surface area contributed by atoms with E-state index < -0.39 is 41.4 Å². The van der Waals surface area contributed by atoms with E-state index in [1.807, 2.05) is 24.3 Å². The van der Waals surface area contributed by atoms with Crippen molar-refractivity contribution < 1.29 is 27.6 Å². The zero-order valence-corrected chi connectivity index (χ0v) is 19.6. The lowest BCUT2D eigenvalue weighted by molar-refractivity contribution is -0.137. The van der Waals surface area contributed by atoms with E-state index in [4.69, 9.17) is 5.73 Å². The van der Waals surface area contributed by atoms with Gasteiger partial charge in [0.05, 0.1) is 23.6 Å². The highest BCUT2D eigenvalue weighted by Gasteiger charge is 2.37. The average molecular weight is 496 g/mol. The number of amides is 3. The van der Waals surface area contributed by atoms with Crippen LogP contribution in [-0.2, 0) is 27.0 Å². The SMILES string of the molecule is CC1C(=O)N(C(=O)[C@H](C)NC(=O)Cc2ccc(C(F)(F)F)cc2)c2cccc(N)c2-c2ccccc21. The summed E-state index contributed by atoms with van der Waals surface area (Å²) in [5.74, 6) is -2.32. The molecule has 3 aromatic carbocycles. The molecule has 186 valence electrons. The van der Waals surface area contributed by atoms with Crippen LogP contribution in [0.5, 0.6) is 0 Å². The van der Waals surface area contributed by atoms with Crippen molar-refractivity contribution >= 4 is 29.1 Å². The molecule has 0 saturated heterocycles. The average Bonchev–Trinajstić information content (AvgIpc) is 2.92. The molecule has 3 amide bonds. The summed E-state index contributed by atoms with van der Waals surface area (Å²) >= 11 is 0. The minimum absolute atomic E-state index is 0.227. The normalized spacial score (nSPS) is 16.0. The highest BCUT2D eigenvalue weighted by atomic mass is 19.4. The summed E-state index contributed by atoms with van der Waals surface area (Å²) in [6, 6.07) is 15.4. The first kappa shape index (κ1) is 25.0. The minimum Gasteiger partial charge on any atom is -0.398 e. The second-order valence-corrected chi connectivity index (χ2v) is 8.72. The highest BCUT2D eigenvalue weighted by molar-refractivity contribution is 6.22. The predicted molar refractivity (Wildman–Crippen MR) is 130 cm³/mol.